The second-order valence-electron chi connectivity index (χ2n) is 3.27. The van der Waals surface area contributed by atoms with E-state index < -0.39 is 11.9 Å². The Bertz CT molecular complexity index is 588. The number of ether oxygens (including phenoxy) is 1. The maximum Gasteiger partial charge on any atom is 0.374 e. The van der Waals surface area contributed by atoms with Crippen LogP contribution in [0.25, 0.3) is 5.52 Å². The maximum absolute atomic E-state index is 11.6. The molecule has 0 unspecified atom stereocenters. The molecule has 2 aromatic heterocycles. The van der Waals surface area contributed by atoms with Crippen LogP contribution in [-0.2, 0) is 4.74 Å². The lowest BCUT2D eigenvalue weighted by Crippen LogP contribution is -2.09. The third-order valence-corrected chi connectivity index (χ3v) is 2.21. The van der Waals surface area contributed by atoms with E-state index in [0.29, 0.717) is 5.52 Å². The zero-order valence-corrected chi connectivity index (χ0v) is 9.08. The molecular weight excluding hydrogens is 224 g/mol. The van der Waals surface area contributed by atoms with Gasteiger partial charge < -0.3 is 9.84 Å². The highest BCUT2D eigenvalue weighted by atomic mass is 16.5. The third-order valence-electron chi connectivity index (χ3n) is 2.21. The van der Waals surface area contributed by atoms with Gasteiger partial charge in [-0.2, -0.15) is 0 Å². The molecule has 17 heavy (non-hydrogen) atoms. The van der Waals surface area contributed by atoms with Crippen LogP contribution < -0.4 is 0 Å². The average molecular weight is 234 g/mol. The van der Waals surface area contributed by atoms with Crippen LogP contribution in [0, 0.1) is 0 Å². The molecular formula is C11H10N2O4. The SMILES string of the molecule is CCOC(=O)c1nc(C(=O)O)c2ccccn12. The molecule has 2 heterocycles. The van der Waals surface area contributed by atoms with Gasteiger partial charge in [-0.25, -0.2) is 14.6 Å². The van der Waals surface area contributed by atoms with Gasteiger partial charge in [-0.3, -0.25) is 4.40 Å². The molecule has 6 heteroatoms. The molecule has 2 aromatic rings. The van der Waals surface area contributed by atoms with Gasteiger partial charge >= 0.3 is 11.9 Å². The summed E-state index contributed by atoms with van der Waals surface area (Å²) in [6.45, 7) is 1.88. The highest BCUT2D eigenvalue weighted by Gasteiger charge is 2.21. The number of nitrogens with zero attached hydrogens (tertiary/aromatic N) is 2. The van der Waals surface area contributed by atoms with Crippen LogP contribution in [0.15, 0.2) is 24.4 Å². The summed E-state index contributed by atoms with van der Waals surface area (Å²) in [6, 6.07) is 4.95. The van der Waals surface area contributed by atoms with E-state index in [4.69, 9.17) is 9.84 Å². The minimum atomic E-state index is -1.18. The summed E-state index contributed by atoms with van der Waals surface area (Å²) in [5, 5.41) is 8.98. The van der Waals surface area contributed by atoms with Gasteiger partial charge in [0.25, 0.3) is 0 Å². The monoisotopic (exact) mass is 234 g/mol. The van der Waals surface area contributed by atoms with Crippen LogP contribution >= 0.6 is 0 Å². The van der Waals surface area contributed by atoms with Crippen molar-refractivity contribution in [2.45, 2.75) is 6.92 Å². The van der Waals surface area contributed by atoms with E-state index in [1.54, 1.807) is 31.3 Å². The average Bonchev–Trinajstić information content (AvgIpc) is 2.69. The van der Waals surface area contributed by atoms with Crippen molar-refractivity contribution in [1.29, 1.82) is 0 Å². The van der Waals surface area contributed by atoms with Gasteiger partial charge in [0, 0.05) is 6.20 Å². The van der Waals surface area contributed by atoms with Crippen LogP contribution in [0.5, 0.6) is 0 Å². The molecule has 0 aliphatic heterocycles. The lowest BCUT2D eigenvalue weighted by molar-refractivity contribution is 0.0511. The number of aromatic carboxylic acids is 1. The molecule has 0 fully saturated rings. The number of imidazole rings is 1. The van der Waals surface area contributed by atoms with Gasteiger partial charge in [0.1, 0.15) is 0 Å². The maximum atomic E-state index is 11.6. The fourth-order valence-electron chi connectivity index (χ4n) is 1.53. The number of carboxylic acid groups (broad SMARTS) is 1. The minimum Gasteiger partial charge on any atom is -0.476 e. The minimum absolute atomic E-state index is 0.0279. The molecule has 0 atom stereocenters. The van der Waals surface area contributed by atoms with Crippen molar-refractivity contribution in [1.82, 2.24) is 9.38 Å². The number of hydrogen-bond acceptors (Lipinski definition) is 4. The van der Waals surface area contributed by atoms with E-state index in [-0.39, 0.29) is 18.1 Å². The van der Waals surface area contributed by atoms with E-state index in [2.05, 4.69) is 4.98 Å². The van der Waals surface area contributed by atoms with E-state index in [0.717, 1.165) is 0 Å². The van der Waals surface area contributed by atoms with Gasteiger partial charge in [-0.15, -0.1) is 0 Å². The number of carbonyl (C=O) groups excluding carboxylic acids is 1. The molecule has 6 nitrogen and oxygen atoms in total. The Balaban J connectivity index is 2.64. The van der Waals surface area contributed by atoms with E-state index in [1.165, 1.54) is 4.40 Å². The van der Waals surface area contributed by atoms with E-state index in [9.17, 15) is 9.59 Å². The summed E-state index contributed by atoms with van der Waals surface area (Å²) in [5.41, 5.74) is 0.205. The lowest BCUT2D eigenvalue weighted by Gasteiger charge is -1.99. The molecule has 0 saturated carbocycles. The number of carboxylic acids is 1. The summed E-state index contributed by atoms with van der Waals surface area (Å²) in [4.78, 5) is 26.4. The Kier molecular flexibility index (Phi) is 2.78. The number of esters is 1. The highest BCUT2D eigenvalue weighted by Crippen LogP contribution is 2.13. The number of aromatic nitrogens is 2. The van der Waals surface area contributed by atoms with Gasteiger partial charge in [0.15, 0.2) is 5.69 Å². The van der Waals surface area contributed by atoms with Crippen LogP contribution in [0.4, 0.5) is 0 Å². The van der Waals surface area contributed by atoms with Crippen molar-refractivity contribution < 1.29 is 19.4 Å². The van der Waals surface area contributed by atoms with Gasteiger partial charge in [-0.1, -0.05) is 6.07 Å². The largest absolute Gasteiger partial charge is 0.476 e. The van der Waals surface area contributed by atoms with Gasteiger partial charge in [-0.05, 0) is 19.1 Å². The van der Waals surface area contributed by atoms with Crippen molar-refractivity contribution in [3.63, 3.8) is 0 Å². The molecule has 0 bridgehead atoms. The van der Waals surface area contributed by atoms with Gasteiger partial charge in [0.05, 0.1) is 12.1 Å². The van der Waals surface area contributed by atoms with Crippen molar-refractivity contribution in [3.05, 3.63) is 35.9 Å². The Labute approximate surface area is 96.5 Å². The number of carbonyl (C=O) groups is 2. The second kappa shape index (κ2) is 4.25. The van der Waals surface area contributed by atoms with Crippen LogP contribution in [-0.4, -0.2) is 33.0 Å². The summed E-state index contributed by atoms with van der Waals surface area (Å²) in [5.74, 6) is -1.84. The van der Waals surface area contributed by atoms with E-state index >= 15 is 0 Å². The molecule has 0 amide bonds. The summed E-state index contributed by atoms with van der Waals surface area (Å²) < 4.78 is 6.22. The zero-order chi connectivity index (χ0) is 12.4. The Morgan fingerprint density at radius 2 is 2.24 bits per heavy atom. The first kappa shape index (κ1) is 11.1. The first-order valence-corrected chi connectivity index (χ1v) is 5.02. The molecule has 0 saturated heterocycles. The Morgan fingerprint density at radius 3 is 2.88 bits per heavy atom. The van der Waals surface area contributed by atoms with Crippen molar-refractivity contribution in [2.75, 3.05) is 6.61 Å². The molecule has 0 aliphatic carbocycles. The number of fused-ring (bicyclic) bond motifs is 1. The van der Waals surface area contributed by atoms with Crippen LogP contribution in [0.1, 0.15) is 28.0 Å². The van der Waals surface area contributed by atoms with Crippen LogP contribution in [0.2, 0.25) is 0 Å². The number of pyridine rings is 1. The van der Waals surface area contributed by atoms with E-state index in [1.807, 2.05) is 0 Å². The summed E-state index contributed by atoms with van der Waals surface area (Å²) in [6.07, 6.45) is 1.57. The van der Waals surface area contributed by atoms with Crippen molar-refractivity contribution in [2.24, 2.45) is 0 Å². The molecule has 0 aromatic carbocycles. The van der Waals surface area contributed by atoms with Crippen LogP contribution in [0.3, 0.4) is 0 Å². The first-order valence-electron chi connectivity index (χ1n) is 5.02. The fraction of sp³-hybridized carbons (Fsp3) is 0.182. The number of rotatable bonds is 3. The zero-order valence-electron chi connectivity index (χ0n) is 9.08. The number of hydrogen-bond donors (Lipinski definition) is 1. The Hall–Kier alpha value is -2.37. The quantitative estimate of drug-likeness (QED) is 0.807. The smallest absolute Gasteiger partial charge is 0.374 e. The summed E-state index contributed by atoms with van der Waals surface area (Å²) >= 11 is 0. The predicted molar refractivity (Wildman–Crippen MR) is 58.1 cm³/mol. The summed E-state index contributed by atoms with van der Waals surface area (Å²) in [7, 11) is 0. The van der Waals surface area contributed by atoms with Crippen molar-refractivity contribution in [3.8, 4) is 0 Å². The lowest BCUT2D eigenvalue weighted by atomic mass is 10.3. The molecule has 2 rings (SSSR count). The topological polar surface area (TPSA) is 80.9 Å². The molecule has 88 valence electrons. The normalized spacial score (nSPS) is 10.4. The Morgan fingerprint density at radius 1 is 1.47 bits per heavy atom. The van der Waals surface area contributed by atoms with Crippen molar-refractivity contribution >= 4 is 17.5 Å². The standard InChI is InChI=1S/C11H10N2O4/c1-2-17-11(16)9-12-8(10(14)15)7-5-3-4-6-13(7)9/h3-6H,2H2,1H3,(H,14,15). The third kappa shape index (κ3) is 1.84. The second-order valence-corrected chi connectivity index (χ2v) is 3.27. The molecule has 1 N–H and O–H groups in total. The fourth-order valence-corrected chi connectivity index (χ4v) is 1.53. The molecule has 0 spiro atoms. The highest BCUT2D eigenvalue weighted by molar-refractivity contribution is 5.97. The molecule has 0 aliphatic rings. The first-order chi connectivity index (χ1) is 8.15. The van der Waals surface area contributed by atoms with Gasteiger partial charge in [0.2, 0.25) is 5.82 Å². The predicted octanol–water partition coefficient (Wildman–Crippen LogP) is 1.21. The molecule has 0 radical (unpaired) electrons.